The van der Waals surface area contributed by atoms with Crippen LogP contribution in [-0.4, -0.2) is 24.0 Å². The predicted molar refractivity (Wildman–Crippen MR) is 138 cm³/mol. The van der Waals surface area contributed by atoms with E-state index in [0.29, 0.717) is 11.3 Å². The van der Waals surface area contributed by atoms with Crippen molar-refractivity contribution in [3.63, 3.8) is 0 Å². The summed E-state index contributed by atoms with van der Waals surface area (Å²) in [6.45, 7) is 0. The Hall–Kier alpha value is -4.60. The summed E-state index contributed by atoms with van der Waals surface area (Å²) in [5.74, 6) is -0.964. The quantitative estimate of drug-likeness (QED) is 0.186. The third-order valence-corrected chi connectivity index (χ3v) is 6.51. The third kappa shape index (κ3) is 4.52. The summed E-state index contributed by atoms with van der Waals surface area (Å²) in [7, 11) is -4.77. The van der Waals surface area contributed by atoms with Gasteiger partial charge in [-0.05, 0) is 52.6 Å². The highest BCUT2D eigenvalue weighted by molar-refractivity contribution is 7.86. The Morgan fingerprint density at radius 3 is 2.19 bits per heavy atom. The zero-order valence-electron chi connectivity index (χ0n) is 18.7. The Balaban J connectivity index is 1.64. The van der Waals surface area contributed by atoms with Gasteiger partial charge in [0.05, 0.1) is 11.4 Å². The molecule has 0 atom stereocenters. The first kappa shape index (κ1) is 23.2. The molecule has 1 amide bonds. The number of carbonyl (C=O) groups is 1. The molecule has 0 aliphatic carbocycles. The number of nitrogens with zero attached hydrogens (tertiary/aromatic N) is 2. The number of hydrogen-bond acceptors (Lipinski definition) is 6. The van der Waals surface area contributed by atoms with E-state index in [2.05, 4.69) is 15.5 Å². The molecule has 3 N–H and O–H groups in total. The number of rotatable bonds is 5. The number of aromatic hydroxyl groups is 1. The maximum Gasteiger partial charge on any atom is 0.296 e. The number of nitrogens with one attached hydrogen (secondary N) is 1. The lowest BCUT2D eigenvalue weighted by atomic mass is 10.1. The Morgan fingerprint density at radius 1 is 0.750 bits per heavy atom. The maximum atomic E-state index is 12.7. The van der Waals surface area contributed by atoms with Crippen molar-refractivity contribution in [2.24, 2.45) is 10.2 Å². The second kappa shape index (κ2) is 9.21. The van der Waals surface area contributed by atoms with Gasteiger partial charge in [0.25, 0.3) is 16.0 Å². The van der Waals surface area contributed by atoms with E-state index in [1.54, 1.807) is 60.7 Å². The Kier molecular flexibility index (Phi) is 5.93. The average Bonchev–Trinajstić information content (AvgIpc) is 2.88. The lowest BCUT2D eigenvalue weighted by Crippen LogP contribution is -2.12. The van der Waals surface area contributed by atoms with Gasteiger partial charge in [-0.3, -0.25) is 9.35 Å². The molecule has 0 bridgehead atoms. The van der Waals surface area contributed by atoms with Crippen LogP contribution in [0.15, 0.2) is 112 Å². The normalized spacial score (nSPS) is 11.8. The van der Waals surface area contributed by atoms with Gasteiger partial charge in [-0.15, -0.1) is 5.11 Å². The number of carbonyl (C=O) groups excluding carboxylic acids is 1. The van der Waals surface area contributed by atoms with Crippen molar-refractivity contribution in [3.05, 3.63) is 103 Å². The largest absolute Gasteiger partial charge is 0.505 e. The van der Waals surface area contributed by atoms with Crippen LogP contribution in [-0.2, 0) is 10.1 Å². The van der Waals surface area contributed by atoms with Crippen molar-refractivity contribution >= 4 is 54.6 Å². The van der Waals surface area contributed by atoms with Gasteiger partial charge < -0.3 is 10.4 Å². The molecule has 5 aromatic carbocycles. The lowest BCUT2D eigenvalue weighted by molar-refractivity contribution is 0.102. The lowest BCUT2D eigenvalue weighted by Gasteiger charge is -2.13. The van der Waals surface area contributed by atoms with Crippen LogP contribution in [0.4, 0.5) is 17.1 Å². The van der Waals surface area contributed by atoms with E-state index in [4.69, 9.17) is 0 Å². The summed E-state index contributed by atoms with van der Waals surface area (Å²) in [4.78, 5) is 12.1. The van der Waals surface area contributed by atoms with Crippen LogP contribution >= 0.6 is 0 Å². The number of phenols is 1. The molecule has 0 saturated heterocycles. The Labute approximate surface area is 206 Å². The standard InChI is InChI=1S/C27H19N3O5S/c31-26-24-20(11-6-12-22(24)28-27(32)18-8-2-1-3-9-18)16-23(36(33,34)35)25(26)30-29-21-14-13-17-7-4-5-10-19(17)15-21/h1-16,31H,(H,28,32)(H,33,34,35). The van der Waals surface area contributed by atoms with Crippen molar-refractivity contribution in [1.82, 2.24) is 0 Å². The van der Waals surface area contributed by atoms with Gasteiger partial charge in [-0.1, -0.05) is 60.7 Å². The van der Waals surface area contributed by atoms with E-state index >= 15 is 0 Å². The summed E-state index contributed by atoms with van der Waals surface area (Å²) in [6, 6.07) is 27.3. The van der Waals surface area contributed by atoms with Crippen LogP contribution in [0.1, 0.15) is 10.4 Å². The topological polar surface area (TPSA) is 128 Å². The van der Waals surface area contributed by atoms with Gasteiger partial charge in [0, 0.05) is 10.9 Å². The summed E-state index contributed by atoms with van der Waals surface area (Å²) >= 11 is 0. The van der Waals surface area contributed by atoms with E-state index in [9.17, 15) is 22.9 Å². The molecule has 0 fully saturated rings. The highest BCUT2D eigenvalue weighted by atomic mass is 32.2. The van der Waals surface area contributed by atoms with E-state index in [1.165, 1.54) is 6.07 Å². The number of benzene rings is 5. The summed E-state index contributed by atoms with van der Waals surface area (Å²) in [5.41, 5.74) is 0.613. The fourth-order valence-electron chi connectivity index (χ4n) is 3.93. The van der Waals surface area contributed by atoms with Crippen LogP contribution in [0.3, 0.4) is 0 Å². The molecule has 5 rings (SSSR count). The number of azo groups is 1. The van der Waals surface area contributed by atoms with Crippen molar-refractivity contribution in [2.75, 3.05) is 5.32 Å². The predicted octanol–water partition coefficient (Wildman–Crippen LogP) is 6.61. The maximum absolute atomic E-state index is 12.7. The highest BCUT2D eigenvalue weighted by Gasteiger charge is 2.24. The van der Waals surface area contributed by atoms with Gasteiger partial charge in [0.15, 0.2) is 5.75 Å². The second-order valence-corrected chi connectivity index (χ2v) is 9.39. The molecular weight excluding hydrogens is 478 g/mol. The fraction of sp³-hybridized carbons (Fsp3) is 0. The molecule has 9 heteroatoms. The third-order valence-electron chi connectivity index (χ3n) is 5.64. The molecule has 178 valence electrons. The van der Waals surface area contributed by atoms with Crippen LogP contribution in [0.2, 0.25) is 0 Å². The molecule has 5 aromatic rings. The molecule has 0 unspecified atom stereocenters. The molecule has 0 saturated carbocycles. The van der Waals surface area contributed by atoms with Crippen molar-refractivity contribution in [2.45, 2.75) is 4.90 Å². The minimum Gasteiger partial charge on any atom is -0.505 e. The first-order valence-electron chi connectivity index (χ1n) is 10.8. The van der Waals surface area contributed by atoms with Gasteiger partial charge in [-0.2, -0.15) is 13.5 Å². The molecule has 36 heavy (non-hydrogen) atoms. The number of phenolic OH excluding ortho intramolecular Hbond substituents is 1. The molecule has 0 aliphatic rings. The SMILES string of the molecule is O=C(Nc1cccc2cc(S(=O)(=O)O)c(N=Nc3ccc4ccccc4c3)c(O)c12)c1ccccc1. The molecule has 8 nitrogen and oxygen atoms in total. The monoisotopic (exact) mass is 497 g/mol. The molecule has 0 aliphatic heterocycles. The molecule has 0 spiro atoms. The molecule has 0 radical (unpaired) electrons. The zero-order chi connectivity index (χ0) is 25.3. The second-order valence-electron chi connectivity index (χ2n) is 8.00. The Bertz CT molecular complexity index is 1770. The first-order chi connectivity index (χ1) is 17.3. The van der Waals surface area contributed by atoms with E-state index in [1.807, 2.05) is 30.3 Å². The van der Waals surface area contributed by atoms with Gasteiger partial charge in [-0.25, -0.2) is 0 Å². The number of hydrogen-bond donors (Lipinski definition) is 3. The van der Waals surface area contributed by atoms with Gasteiger partial charge >= 0.3 is 0 Å². The number of fused-ring (bicyclic) bond motifs is 2. The van der Waals surface area contributed by atoms with E-state index in [0.717, 1.165) is 10.8 Å². The summed E-state index contributed by atoms with van der Waals surface area (Å²) < 4.78 is 34.2. The van der Waals surface area contributed by atoms with Crippen LogP contribution < -0.4 is 5.32 Å². The molecular formula is C27H19N3O5S. The fourth-order valence-corrected chi connectivity index (χ4v) is 4.59. The smallest absolute Gasteiger partial charge is 0.296 e. The zero-order valence-corrected chi connectivity index (χ0v) is 19.5. The highest BCUT2D eigenvalue weighted by Crippen LogP contribution is 2.44. The van der Waals surface area contributed by atoms with Crippen LogP contribution in [0, 0.1) is 0 Å². The average molecular weight is 498 g/mol. The van der Waals surface area contributed by atoms with Gasteiger partial charge in [0.1, 0.15) is 10.6 Å². The van der Waals surface area contributed by atoms with Crippen molar-refractivity contribution in [3.8, 4) is 5.75 Å². The Morgan fingerprint density at radius 2 is 1.44 bits per heavy atom. The van der Waals surface area contributed by atoms with Crippen molar-refractivity contribution < 1.29 is 22.9 Å². The number of anilines is 1. The van der Waals surface area contributed by atoms with Crippen molar-refractivity contribution in [1.29, 1.82) is 0 Å². The summed E-state index contributed by atoms with van der Waals surface area (Å²) in [5, 5.41) is 24.3. The molecule has 0 heterocycles. The van der Waals surface area contributed by atoms with Crippen LogP contribution in [0.25, 0.3) is 21.5 Å². The van der Waals surface area contributed by atoms with Gasteiger partial charge in [0.2, 0.25) is 0 Å². The van der Waals surface area contributed by atoms with Crippen LogP contribution in [0.5, 0.6) is 5.75 Å². The summed E-state index contributed by atoms with van der Waals surface area (Å²) in [6.07, 6.45) is 0. The van der Waals surface area contributed by atoms with E-state index in [-0.39, 0.29) is 16.5 Å². The molecule has 0 aromatic heterocycles. The minimum atomic E-state index is -4.77. The van der Waals surface area contributed by atoms with E-state index < -0.39 is 32.4 Å². The minimum absolute atomic E-state index is 0.154. The first-order valence-corrected chi connectivity index (χ1v) is 12.3. The number of amides is 1.